The van der Waals surface area contributed by atoms with E-state index in [1.807, 2.05) is 43.8 Å². The molecule has 0 bridgehead atoms. The second-order valence-corrected chi connectivity index (χ2v) is 7.40. The van der Waals surface area contributed by atoms with E-state index < -0.39 is 6.10 Å². The molecule has 4 heteroatoms. The van der Waals surface area contributed by atoms with Crippen molar-refractivity contribution < 1.29 is 9.53 Å². The molecular formula is C21H27NO2S. The minimum Gasteiger partial charge on any atom is -0.481 e. The first-order chi connectivity index (χ1) is 12.0. The SMILES string of the molecule is Cc1cccc(CSCCNC(=O)[C@@H](C)Oc2cccc(C)c2C)c1. The maximum Gasteiger partial charge on any atom is 0.260 e. The molecule has 1 N–H and O–H groups in total. The summed E-state index contributed by atoms with van der Waals surface area (Å²) in [5.41, 5.74) is 4.85. The van der Waals surface area contributed by atoms with Crippen LogP contribution in [0.25, 0.3) is 0 Å². The highest BCUT2D eigenvalue weighted by atomic mass is 32.2. The maximum absolute atomic E-state index is 12.2. The quantitative estimate of drug-likeness (QED) is 0.710. The van der Waals surface area contributed by atoms with Crippen LogP contribution in [0.15, 0.2) is 42.5 Å². The molecule has 1 atom stereocenters. The van der Waals surface area contributed by atoms with Crippen LogP contribution >= 0.6 is 11.8 Å². The summed E-state index contributed by atoms with van der Waals surface area (Å²) >= 11 is 1.82. The fraction of sp³-hybridized carbons (Fsp3) is 0.381. The van der Waals surface area contributed by atoms with Gasteiger partial charge in [-0.1, -0.05) is 42.0 Å². The van der Waals surface area contributed by atoms with Gasteiger partial charge in [0.15, 0.2) is 6.10 Å². The Labute approximate surface area is 155 Å². The topological polar surface area (TPSA) is 38.3 Å². The van der Waals surface area contributed by atoms with Crippen molar-refractivity contribution in [2.24, 2.45) is 0 Å². The second-order valence-electron chi connectivity index (χ2n) is 6.29. The van der Waals surface area contributed by atoms with Crippen LogP contribution < -0.4 is 10.1 Å². The summed E-state index contributed by atoms with van der Waals surface area (Å²) in [6.07, 6.45) is -0.498. The van der Waals surface area contributed by atoms with Crippen LogP contribution in [0.2, 0.25) is 0 Å². The standard InChI is InChI=1S/C21H27NO2S/c1-15-7-5-9-19(13-15)14-25-12-11-22-21(23)18(4)24-20-10-6-8-16(2)17(20)3/h5-10,13,18H,11-12,14H2,1-4H3,(H,22,23)/t18-/m1/s1. The van der Waals surface area contributed by atoms with Crippen molar-refractivity contribution in [2.75, 3.05) is 12.3 Å². The molecule has 0 aliphatic heterocycles. The van der Waals surface area contributed by atoms with E-state index >= 15 is 0 Å². The molecule has 0 aliphatic carbocycles. The van der Waals surface area contributed by atoms with E-state index in [1.165, 1.54) is 11.1 Å². The van der Waals surface area contributed by atoms with Gasteiger partial charge in [0.1, 0.15) is 5.75 Å². The number of carbonyl (C=O) groups excluding carboxylic acids is 1. The Morgan fingerprint density at radius 1 is 1.16 bits per heavy atom. The monoisotopic (exact) mass is 357 g/mol. The third kappa shape index (κ3) is 6.13. The minimum absolute atomic E-state index is 0.0722. The van der Waals surface area contributed by atoms with Gasteiger partial charge in [0.2, 0.25) is 0 Å². The van der Waals surface area contributed by atoms with Crippen molar-refractivity contribution in [3.63, 3.8) is 0 Å². The molecule has 0 spiro atoms. The Balaban J connectivity index is 1.70. The minimum atomic E-state index is -0.498. The number of rotatable bonds is 8. The zero-order valence-electron chi connectivity index (χ0n) is 15.5. The Morgan fingerprint density at radius 3 is 2.68 bits per heavy atom. The molecule has 0 aliphatic rings. The lowest BCUT2D eigenvalue weighted by Crippen LogP contribution is -2.37. The van der Waals surface area contributed by atoms with Crippen molar-refractivity contribution >= 4 is 17.7 Å². The summed E-state index contributed by atoms with van der Waals surface area (Å²) < 4.78 is 5.81. The van der Waals surface area contributed by atoms with E-state index in [2.05, 4.69) is 36.5 Å². The normalized spacial score (nSPS) is 11.8. The number of nitrogens with one attached hydrogen (secondary N) is 1. The van der Waals surface area contributed by atoms with Gasteiger partial charge in [-0.2, -0.15) is 11.8 Å². The molecule has 2 aromatic carbocycles. The summed E-state index contributed by atoms with van der Waals surface area (Å²) in [6.45, 7) is 8.59. The first-order valence-corrected chi connectivity index (χ1v) is 9.76. The molecule has 25 heavy (non-hydrogen) atoms. The molecule has 0 radical (unpaired) electrons. The Morgan fingerprint density at radius 2 is 1.92 bits per heavy atom. The van der Waals surface area contributed by atoms with E-state index in [4.69, 9.17) is 4.74 Å². The van der Waals surface area contributed by atoms with Gasteiger partial charge in [0, 0.05) is 18.1 Å². The Hall–Kier alpha value is -1.94. The van der Waals surface area contributed by atoms with E-state index in [-0.39, 0.29) is 5.91 Å². The van der Waals surface area contributed by atoms with Gasteiger partial charge in [-0.15, -0.1) is 0 Å². The molecule has 2 aromatic rings. The largest absolute Gasteiger partial charge is 0.481 e. The van der Waals surface area contributed by atoms with Crippen molar-refractivity contribution in [3.05, 3.63) is 64.7 Å². The van der Waals surface area contributed by atoms with Gasteiger partial charge in [0.05, 0.1) is 0 Å². The van der Waals surface area contributed by atoms with E-state index in [1.54, 1.807) is 6.92 Å². The van der Waals surface area contributed by atoms with Crippen molar-refractivity contribution in [2.45, 2.75) is 39.6 Å². The fourth-order valence-electron chi connectivity index (χ4n) is 2.48. The number of amides is 1. The van der Waals surface area contributed by atoms with E-state index in [9.17, 15) is 4.79 Å². The number of hydrogen-bond donors (Lipinski definition) is 1. The lowest BCUT2D eigenvalue weighted by Gasteiger charge is -2.17. The van der Waals surface area contributed by atoms with Crippen LogP contribution in [0.4, 0.5) is 0 Å². The predicted molar refractivity (Wildman–Crippen MR) is 106 cm³/mol. The van der Waals surface area contributed by atoms with Gasteiger partial charge in [-0.05, 0) is 50.5 Å². The summed E-state index contributed by atoms with van der Waals surface area (Å²) in [6, 6.07) is 14.4. The lowest BCUT2D eigenvalue weighted by molar-refractivity contribution is -0.127. The molecule has 1 amide bonds. The number of benzene rings is 2. The number of carbonyl (C=O) groups is 1. The van der Waals surface area contributed by atoms with Crippen molar-refractivity contribution in [1.82, 2.24) is 5.32 Å². The molecule has 0 heterocycles. The highest BCUT2D eigenvalue weighted by Crippen LogP contribution is 2.21. The van der Waals surface area contributed by atoms with E-state index in [0.29, 0.717) is 6.54 Å². The molecule has 3 nitrogen and oxygen atoms in total. The Bertz CT molecular complexity index is 715. The third-order valence-corrected chi connectivity index (χ3v) is 5.16. The van der Waals surface area contributed by atoms with Gasteiger partial charge in [-0.25, -0.2) is 0 Å². The highest BCUT2D eigenvalue weighted by molar-refractivity contribution is 7.98. The summed E-state index contributed by atoms with van der Waals surface area (Å²) in [4.78, 5) is 12.2. The second kappa shape index (κ2) is 9.52. The number of aryl methyl sites for hydroxylation is 2. The number of ether oxygens (including phenoxy) is 1. The molecule has 134 valence electrons. The number of thioether (sulfide) groups is 1. The molecule has 0 saturated carbocycles. The van der Waals surface area contributed by atoms with Crippen LogP contribution in [0.3, 0.4) is 0 Å². The van der Waals surface area contributed by atoms with Crippen LogP contribution in [-0.2, 0) is 10.5 Å². The molecule has 2 rings (SSSR count). The maximum atomic E-state index is 12.2. The van der Waals surface area contributed by atoms with Crippen molar-refractivity contribution in [1.29, 1.82) is 0 Å². The molecule has 0 aromatic heterocycles. The summed E-state index contributed by atoms with van der Waals surface area (Å²) in [7, 11) is 0. The first-order valence-electron chi connectivity index (χ1n) is 8.61. The molecule has 0 unspecified atom stereocenters. The van der Waals surface area contributed by atoms with Gasteiger partial charge in [-0.3, -0.25) is 4.79 Å². The molecular weight excluding hydrogens is 330 g/mol. The third-order valence-electron chi connectivity index (χ3n) is 4.12. The zero-order chi connectivity index (χ0) is 18.2. The summed E-state index contributed by atoms with van der Waals surface area (Å²) in [5, 5.41) is 2.95. The van der Waals surface area contributed by atoms with Gasteiger partial charge in [0.25, 0.3) is 5.91 Å². The average molecular weight is 358 g/mol. The Kier molecular flexibility index (Phi) is 7.38. The lowest BCUT2D eigenvalue weighted by atomic mass is 10.1. The van der Waals surface area contributed by atoms with Crippen LogP contribution in [0.5, 0.6) is 5.75 Å². The zero-order valence-corrected chi connectivity index (χ0v) is 16.3. The highest BCUT2D eigenvalue weighted by Gasteiger charge is 2.15. The van der Waals surface area contributed by atoms with Crippen LogP contribution in [0, 0.1) is 20.8 Å². The van der Waals surface area contributed by atoms with E-state index in [0.717, 1.165) is 28.4 Å². The van der Waals surface area contributed by atoms with Crippen LogP contribution in [0.1, 0.15) is 29.2 Å². The first kappa shape index (κ1) is 19.4. The average Bonchev–Trinajstić information content (AvgIpc) is 2.58. The number of hydrogen-bond acceptors (Lipinski definition) is 3. The smallest absolute Gasteiger partial charge is 0.260 e. The van der Waals surface area contributed by atoms with Crippen LogP contribution in [-0.4, -0.2) is 24.3 Å². The fourth-order valence-corrected chi connectivity index (χ4v) is 3.28. The predicted octanol–water partition coefficient (Wildman–Crippen LogP) is 4.43. The molecule has 0 saturated heterocycles. The van der Waals surface area contributed by atoms with Gasteiger partial charge >= 0.3 is 0 Å². The van der Waals surface area contributed by atoms with Gasteiger partial charge < -0.3 is 10.1 Å². The van der Waals surface area contributed by atoms with Crippen molar-refractivity contribution in [3.8, 4) is 5.75 Å². The molecule has 0 fully saturated rings. The summed E-state index contributed by atoms with van der Waals surface area (Å²) in [5.74, 6) is 2.55.